The Kier molecular flexibility index (Phi) is 5.98. The molecule has 0 aliphatic rings. The van der Waals surface area contributed by atoms with Crippen LogP contribution in [0.2, 0.25) is 0 Å². The minimum absolute atomic E-state index is 0.0808. The van der Waals surface area contributed by atoms with Crippen molar-refractivity contribution in [2.75, 3.05) is 0 Å². The Labute approximate surface area is 191 Å². The first-order chi connectivity index (χ1) is 15.2. The van der Waals surface area contributed by atoms with Gasteiger partial charge in [0.05, 0.1) is 29.9 Å². The second kappa shape index (κ2) is 8.71. The number of esters is 1. The second-order valence-electron chi connectivity index (χ2n) is 8.34. The van der Waals surface area contributed by atoms with Gasteiger partial charge in [-0.25, -0.2) is 9.78 Å². The van der Waals surface area contributed by atoms with Crippen LogP contribution in [0.4, 0.5) is 0 Å². The lowest BCUT2D eigenvalue weighted by Crippen LogP contribution is -2.21. The van der Waals surface area contributed by atoms with E-state index >= 15 is 0 Å². The van der Waals surface area contributed by atoms with Crippen molar-refractivity contribution >= 4 is 27.5 Å². The SMILES string of the molecule is Cc1ccc(-c2c(C)sc3ncn(Cc4cccc(C(=O)OC(C)C)c4)c(=O)c23)cc1C. The summed E-state index contributed by atoms with van der Waals surface area (Å²) < 4.78 is 6.89. The minimum Gasteiger partial charge on any atom is -0.459 e. The van der Waals surface area contributed by atoms with Crippen molar-refractivity contribution in [2.45, 2.75) is 47.3 Å². The van der Waals surface area contributed by atoms with Crippen molar-refractivity contribution in [1.29, 1.82) is 0 Å². The molecule has 0 saturated heterocycles. The molecule has 6 heteroatoms. The summed E-state index contributed by atoms with van der Waals surface area (Å²) in [6.07, 6.45) is 1.40. The van der Waals surface area contributed by atoms with Crippen LogP contribution in [0.5, 0.6) is 0 Å². The Morgan fingerprint density at radius 3 is 2.59 bits per heavy atom. The van der Waals surface area contributed by atoms with Gasteiger partial charge in [-0.2, -0.15) is 0 Å². The number of hydrogen-bond acceptors (Lipinski definition) is 5. The lowest BCUT2D eigenvalue weighted by molar-refractivity contribution is 0.0377. The van der Waals surface area contributed by atoms with Gasteiger partial charge in [0.15, 0.2) is 0 Å². The molecule has 0 radical (unpaired) electrons. The van der Waals surface area contributed by atoms with Crippen LogP contribution in [0.3, 0.4) is 0 Å². The van der Waals surface area contributed by atoms with Gasteiger partial charge in [0, 0.05) is 10.4 Å². The largest absolute Gasteiger partial charge is 0.459 e. The summed E-state index contributed by atoms with van der Waals surface area (Å²) in [6.45, 7) is 10.2. The van der Waals surface area contributed by atoms with Crippen molar-refractivity contribution in [1.82, 2.24) is 9.55 Å². The van der Waals surface area contributed by atoms with Gasteiger partial charge in [0.25, 0.3) is 5.56 Å². The number of carbonyl (C=O) groups is 1. The number of fused-ring (bicyclic) bond motifs is 1. The van der Waals surface area contributed by atoms with Crippen LogP contribution < -0.4 is 5.56 Å². The zero-order valence-corrected chi connectivity index (χ0v) is 19.7. The average Bonchev–Trinajstić information content (AvgIpc) is 3.08. The second-order valence-corrected chi connectivity index (χ2v) is 9.55. The van der Waals surface area contributed by atoms with Crippen LogP contribution in [0, 0.1) is 20.8 Å². The van der Waals surface area contributed by atoms with Gasteiger partial charge in [-0.15, -0.1) is 11.3 Å². The highest BCUT2D eigenvalue weighted by Crippen LogP contribution is 2.36. The first kappa shape index (κ1) is 22.0. The van der Waals surface area contributed by atoms with E-state index in [1.54, 1.807) is 29.1 Å². The van der Waals surface area contributed by atoms with Gasteiger partial charge >= 0.3 is 5.97 Å². The van der Waals surface area contributed by atoms with E-state index in [4.69, 9.17) is 4.74 Å². The molecule has 0 atom stereocenters. The Morgan fingerprint density at radius 1 is 1.09 bits per heavy atom. The topological polar surface area (TPSA) is 61.2 Å². The summed E-state index contributed by atoms with van der Waals surface area (Å²) in [4.78, 5) is 32.1. The Bertz CT molecular complexity index is 1380. The summed E-state index contributed by atoms with van der Waals surface area (Å²) in [5.41, 5.74) is 5.63. The first-order valence-electron chi connectivity index (χ1n) is 10.6. The summed E-state index contributed by atoms with van der Waals surface area (Å²) in [5.74, 6) is -0.367. The van der Waals surface area contributed by atoms with Gasteiger partial charge in [-0.1, -0.05) is 30.3 Å². The zero-order chi connectivity index (χ0) is 23.0. The number of hydrogen-bond donors (Lipinski definition) is 0. The summed E-state index contributed by atoms with van der Waals surface area (Å²) in [7, 11) is 0. The lowest BCUT2D eigenvalue weighted by atomic mass is 9.99. The number of aryl methyl sites for hydroxylation is 3. The van der Waals surface area contributed by atoms with Gasteiger partial charge in [-0.05, 0) is 69.0 Å². The number of thiophene rings is 1. The van der Waals surface area contributed by atoms with Crippen LogP contribution in [-0.4, -0.2) is 21.6 Å². The molecule has 0 aliphatic heterocycles. The average molecular weight is 447 g/mol. The van der Waals surface area contributed by atoms with E-state index in [0.29, 0.717) is 17.5 Å². The summed E-state index contributed by atoms with van der Waals surface area (Å²) in [5, 5.41) is 0.647. The smallest absolute Gasteiger partial charge is 0.338 e. The molecule has 32 heavy (non-hydrogen) atoms. The van der Waals surface area contributed by atoms with Crippen LogP contribution in [0.1, 0.15) is 45.8 Å². The quantitative estimate of drug-likeness (QED) is 0.371. The van der Waals surface area contributed by atoms with Crippen molar-refractivity contribution < 1.29 is 9.53 Å². The van der Waals surface area contributed by atoms with Crippen molar-refractivity contribution in [3.05, 3.63) is 86.3 Å². The van der Waals surface area contributed by atoms with E-state index < -0.39 is 0 Å². The molecule has 0 aliphatic carbocycles. The zero-order valence-electron chi connectivity index (χ0n) is 18.9. The van der Waals surface area contributed by atoms with Gasteiger partial charge in [-0.3, -0.25) is 9.36 Å². The molecular formula is C26H26N2O3S. The van der Waals surface area contributed by atoms with Crippen LogP contribution in [0.15, 0.2) is 53.6 Å². The van der Waals surface area contributed by atoms with Crippen LogP contribution >= 0.6 is 11.3 Å². The fourth-order valence-electron chi connectivity index (χ4n) is 3.77. The lowest BCUT2D eigenvalue weighted by Gasteiger charge is -2.10. The number of ether oxygens (including phenoxy) is 1. The highest BCUT2D eigenvalue weighted by Gasteiger charge is 2.18. The minimum atomic E-state index is -0.367. The molecule has 164 valence electrons. The van der Waals surface area contributed by atoms with E-state index in [1.807, 2.05) is 26.8 Å². The summed E-state index contributed by atoms with van der Waals surface area (Å²) >= 11 is 1.54. The monoisotopic (exact) mass is 446 g/mol. The number of benzene rings is 2. The normalized spacial score (nSPS) is 11.3. The van der Waals surface area contributed by atoms with E-state index in [9.17, 15) is 9.59 Å². The van der Waals surface area contributed by atoms with Crippen molar-refractivity contribution in [3.63, 3.8) is 0 Å². The molecule has 0 amide bonds. The number of rotatable bonds is 5. The standard InChI is InChI=1S/C26H26N2O3S/c1-15(2)31-26(30)21-8-6-7-19(12-21)13-28-14-27-24-23(25(28)29)22(18(5)32-24)20-10-9-16(3)17(4)11-20/h6-12,14-15H,13H2,1-5H3. The van der Waals surface area contributed by atoms with Crippen LogP contribution in [0.25, 0.3) is 21.3 Å². The molecule has 2 heterocycles. The molecule has 0 bridgehead atoms. The van der Waals surface area contributed by atoms with Crippen LogP contribution in [-0.2, 0) is 11.3 Å². The highest BCUT2D eigenvalue weighted by molar-refractivity contribution is 7.19. The molecule has 2 aromatic carbocycles. The number of aromatic nitrogens is 2. The molecule has 0 unspecified atom stereocenters. The van der Waals surface area contributed by atoms with Gasteiger partial charge in [0.2, 0.25) is 0 Å². The molecule has 5 nitrogen and oxygen atoms in total. The number of carbonyl (C=O) groups excluding carboxylic acids is 1. The van der Waals surface area contributed by atoms with Gasteiger partial charge in [0.1, 0.15) is 4.83 Å². The van der Waals surface area contributed by atoms with Crippen molar-refractivity contribution in [2.24, 2.45) is 0 Å². The predicted octanol–water partition coefficient (Wildman–Crippen LogP) is 5.66. The fourth-order valence-corrected chi connectivity index (χ4v) is 4.77. The molecular weight excluding hydrogens is 420 g/mol. The third-order valence-electron chi connectivity index (χ3n) is 5.51. The Hall–Kier alpha value is -3.25. The molecule has 4 aromatic rings. The summed E-state index contributed by atoms with van der Waals surface area (Å²) in [6, 6.07) is 13.5. The van der Waals surface area contributed by atoms with E-state index in [1.165, 1.54) is 22.5 Å². The van der Waals surface area contributed by atoms with E-state index in [0.717, 1.165) is 26.4 Å². The third kappa shape index (κ3) is 4.23. The Morgan fingerprint density at radius 2 is 1.88 bits per heavy atom. The Balaban J connectivity index is 1.76. The third-order valence-corrected chi connectivity index (χ3v) is 6.52. The van der Waals surface area contributed by atoms with E-state index in [2.05, 4.69) is 37.0 Å². The maximum Gasteiger partial charge on any atom is 0.338 e. The maximum atomic E-state index is 13.5. The first-order valence-corrected chi connectivity index (χ1v) is 11.4. The van der Waals surface area contributed by atoms with Crippen molar-refractivity contribution in [3.8, 4) is 11.1 Å². The molecule has 0 spiro atoms. The highest BCUT2D eigenvalue weighted by atomic mass is 32.1. The van der Waals surface area contributed by atoms with Gasteiger partial charge < -0.3 is 4.74 Å². The number of nitrogens with zero attached hydrogens (tertiary/aromatic N) is 2. The molecule has 0 fully saturated rings. The molecule has 4 rings (SSSR count). The molecule has 0 saturated carbocycles. The molecule has 0 N–H and O–H groups in total. The maximum absolute atomic E-state index is 13.5. The molecule has 2 aromatic heterocycles. The fraction of sp³-hybridized carbons (Fsp3) is 0.269. The predicted molar refractivity (Wildman–Crippen MR) is 130 cm³/mol. The van der Waals surface area contributed by atoms with E-state index in [-0.39, 0.29) is 17.6 Å².